The Morgan fingerprint density at radius 2 is 1.65 bits per heavy atom. The maximum Gasteiger partial charge on any atom is 0.214 e. The molecule has 2 heterocycles. The smallest absolute Gasteiger partial charge is 0.214 e. The van der Waals surface area contributed by atoms with Crippen LogP contribution in [0.25, 0.3) is 0 Å². The van der Waals surface area contributed by atoms with Gasteiger partial charge in [-0.2, -0.15) is 0 Å². The first-order valence-electron chi connectivity index (χ1n) is 6.91. The number of aliphatic hydroxyl groups excluding tert-OH is 5. The van der Waals surface area contributed by atoms with Crippen molar-refractivity contribution in [3.63, 3.8) is 0 Å². The molecule has 2 fully saturated rings. The van der Waals surface area contributed by atoms with E-state index in [1.807, 2.05) is 0 Å². The number of hydrogen-bond acceptors (Lipinski definition) is 8. The van der Waals surface area contributed by atoms with Gasteiger partial charge in [0.1, 0.15) is 36.6 Å². The molecule has 0 aromatic rings. The maximum atomic E-state index is 10.1. The highest BCUT2D eigenvalue weighted by atomic mass is 35.5. The molecule has 2 rings (SSSR count). The van der Waals surface area contributed by atoms with Crippen LogP contribution in [0.1, 0.15) is 0 Å². The molecular formula is C12H19Cl3O8. The van der Waals surface area contributed by atoms with Gasteiger partial charge in [0.25, 0.3) is 0 Å². The van der Waals surface area contributed by atoms with Gasteiger partial charge in [0.15, 0.2) is 6.29 Å². The molecule has 0 aliphatic carbocycles. The lowest BCUT2D eigenvalue weighted by molar-refractivity contribution is -0.357. The molecule has 2 aliphatic heterocycles. The fraction of sp³-hybridized carbons (Fsp3) is 1.00. The van der Waals surface area contributed by atoms with Crippen molar-refractivity contribution in [1.82, 2.24) is 0 Å². The molecule has 0 aromatic carbocycles. The van der Waals surface area contributed by atoms with E-state index in [1.54, 1.807) is 0 Å². The molecule has 0 amide bonds. The lowest BCUT2D eigenvalue weighted by Crippen LogP contribution is -2.61. The van der Waals surface area contributed by atoms with E-state index >= 15 is 0 Å². The molecule has 2 saturated heterocycles. The van der Waals surface area contributed by atoms with Crippen molar-refractivity contribution < 1.29 is 39.7 Å². The fourth-order valence-electron chi connectivity index (χ4n) is 2.56. The third kappa shape index (κ3) is 3.58. The Hall–Kier alpha value is 0.550. The lowest BCUT2D eigenvalue weighted by Gasteiger charge is -2.43. The van der Waals surface area contributed by atoms with Crippen LogP contribution in [0.4, 0.5) is 0 Å². The van der Waals surface area contributed by atoms with Crippen LogP contribution in [-0.4, -0.2) is 98.0 Å². The van der Waals surface area contributed by atoms with E-state index in [1.165, 1.54) is 0 Å². The van der Waals surface area contributed by atoms with E-state index in [2.05, 4.69) is 0 Å². The van der Waals surface area contributed by atoms with Crippen LogP contribution in [0.3, 0.4) is 0 Å². The van der Waals surface area contributed by atoms with Crippen molar-refractivity contribution in [1.29, 1.82) is 0 Å². The lowest BCUT2D eigenvalue weighted by atomic mass is 10.0. The predicted molar refractivity (Wildman–Crippen MR) is 79.5 cm³/mol. The minimum absolute atomic E-state index is 0.125. The first-order valence-corrected chi connectivity index (χ1v) is 8.42. The van der Waals surface area contributed by atoms with Crippen LogP contribution in [-0.2, 0) is 14.2 Å². The second-order valence-electron chi connectivity index (χ2n) is 5.46. The third-order valence-electron chi connectivity index (χ3n) is 3.96. The Morgan fingerprint density at radius 3 is 2.13 bits per heavy atom. The van der Waals surface area contributed by atoms with Crippen LogP contribution in [0.2, 0.25) is 0 Å². The van der Waals surface area contributed by atoms with E-state index in [-0.39, 0.29) is 5.88 Å². The Labute approximate surface area is 147 Å². The molecule has 8 nitrogen and oxygen atoms in total. The Balaban J connectivity index is 2.18. The van der Waals surface area contributed by atoms with Gasteiger partial charge in [-0.1, -0.05) is 0 Å². The summed E-state index contributed by atoms with van der Waals surface area (Å²) in [6.45, 7) is -0.526. The monoisotopic (exact) mass is 396 g/mol. The van der Waals surface area contributed by atoms with Gasteiger partial charge in [0, 0.05) is 0 Å². The SMILES string of the molecule is OCC1OC(O[C@]2(CCl)O[C@@H](CCl)C(O)C2O)C(O)C(O)C1Cl. The van der Waals surface area contributed by atoms with Crippen LogP contribution >= 0.6 is 34.8 Å². The molecule has 136 valence electrons. The number of alkyl halides is 3. The molecule has 23 heavy (non-hydrogen) atoms. The summed E-state index contributed by atoms with van der Waals surface area (Å²) >= 11 is 17.3. The average Bonchev–Trinajstić information content (AvgIpc) is 2.80. The minimum Gasteiger partial charge on any atom is -0.394 e. The second kappa shape index (κ2) is 7.84. The van der Waals surface area contributed by atoms with Gasteiger partial charge in [-0.05, 0) is 0 Å². The van der Waals surface area contributed by atoms with Gasteiger partial charge in [-0.25, -0.2) is 0 Å². The number of rotatable bonds is 5. The summed E-state index contributed by atoms with van der Waals surface area (Å²) in [4.78, 5) is 0. The average molecular weight is 398 g/mol. The van der Waals surface area contributed by atoms with Gasteiger partial charge in [0.05, 0.1) is 23.7 Å². The third-order valence-corrected chi connectivity index (χ3v) is 5.17. The first kappa shape index (κ1) is 19.9. The van der Waals surface area contributed by atoms with Gasteiger partial charge in [-0.3, -0.25) is 0 Å². The summed E-state index contributed by atoms with van der Waals surface area (Å²) in [5, 5.41) is 48.1. The molecule has 2 aliphatic rings. The predicted octanol–water partition coefficient (Wildman–Crippen LogP) is -1.66. The van der Waals surface area contributed by atoms with E-state index in [4.69, 9.17) is 49.0 Å². The normalized spacial score (nSPS) is 51.1. The van der Waals surface area contributed by atoms with Crippen LogP contribution in [0.15, 0.2) is 0 Å². The van der Waals surface area contributed by atoms with Crippen LogP contribution in [0.5, 0.6) is 0 Å². The van der Waals surface area contributed by atoms with Gasteiger partial charge in [0.2, 0.25) is 5.79 Å². The van der Waals surface area contributed by atoms with Gasteiger partial charge < -0.3 is 39.7 Å². The molecule has 0 aromatic heterocycles. The topological polar surface area (TPSA) is 129 Å². The highest BCUT2D eigenvalue weighted by Gasteiger charge is 2.58. The molecule has 0 spiro atoms. The van der Waals surface area contributed by atoms with Crippen molar-refractivity contribution >= 4 is 34.8 Å². The fourth-order valence-corrected chi connectivity index (χ4v) is 3.37. The number of ether oxygens (including phenoxy) is 3. The summed E-state index contributed by atoms with van der Waals surface area (Å²) < 4.78 is 16.1. The van der Waals surface area contributed by atoms with E-state index < -0.39 is 66.6 Å². The zero-order chi connectivity index (χ0) is 17.4. The quantitative estimate of drug-likeness (QED) is 0.349. The summed E-state index contributed by atoms with van der Waals surface area (Å²) in [6.07, 6.45) is -9.39. The largest absolute Gasteiger partial charge is 0.394 e. The first-order chi connectivity index (χ1) is 10.8. The molecule has 0 saturated carbocycles. The highest BCUT2D eigenvalue weighted by Crippen LogP contribution is 2.37. The van der Waals surface area contributed by atoms with E-state index in [9.17, 15) is 25.5 Å². The number of aliphatic hydroxyl groups is 5. The summed E-state index contributed by atoms with van der Waals surface area (Å²) in [5.74, 6) is -2.43. The standard InChI is InChI=1S/C12H19Cl3O8/c13-1-4-7(17)10(20)12(3-14,22-4)23-11-9(19)8(18)6(15)5(2-16)21-11/h4-11,16-20H,1-3H2/t4-,5?,6?,7?,8?,9?,10?,11?,12-/m0/s1. The second-order valence-corrected chi connectivity index (χ2v) is 6.54. The molecule has 0 bridgehead atoms. The van der Waals surface area contributed by atoms with Gasteiger partial charge in [-0.15, -0.1) is 34.8 Å². The Kier molecular flexibility index (Phi) is 6.77. The zero-order valence-corrected chi connectivity index (χ0v) is 14.1. The number of hydrogen-bond donors (Lipinski definition) is 5. The zero-order valence-electron chi connectivity index (χ0n) is 11.8. The molecule has 0 radical (unpaired) electrons. The summed E-state index contributed by atoms with van der Waals surface area (Å²) in [5.41, 5.74) is 0. The molecule has 7 unspecified atom stereocenters. The Morgan fingerprint density at radius 1 is 1.00 bits per heavy atom. The minimum atomic E-state index is -1.90. The van der Waals surface area contributed by atoms with Crippen LogP contribution < -0.4 is 0 Å². The highest BCUT2D eigenvalue weighted by molar-refractivity contribution is 6.21. The molecule has 9 atom stereocenters. The van der Waals surface area contributed by atoms with E-state index in [0.717, 1.165) is 0 Å². The Bertz CT molecular complexity index is 403. The summed E-state index contributed by atoms with van der Waals surface area (Å²) in [7, 11) is 0. The molecule has 5 N–H and O–H groups in total. The maximum absolute atomic E-state index is 10.1. The van der Waals surface area contributed by atoms with Gasteiger partial charge >= 0.3 is 0 Å². The van der Waals surface area contributed by atoms with Crippen molar-refractivity contribution in [3.05, 3.63) is 0 Å². The van der Waals surface area contributed by atoms with E-state index in [0.29, 0.717) is 0 Å². The van der Waals surface area contributed by atoms with Crippen LogP contribution in [0, 0.1) is 0 Å². The molecule has 11 heteroatoms. The number of halogens is 3. The summed E-state index contributed by atoms with van der Waals surface area (Å²) in [6, 6.07) is 0. The van der Waals surface area contributed by atoms with Crippen molar-refractivity contribution in [3.8, 4) is 0 Å². The van der Waals surface area contributed by atoms with Crippen molar-refractivity contribution in [2.45, 2.75) is 54.1 Å². The molecular weight excluding hydrogens is 378 g/mol. The van der Waals surface area contributed by atoms with Crippen molar-refractivity contribution in [2.24, 2.45) is 0 Å². The van der Waals surface area contributed by atoms with Crippen molar-refractivity contribution in [2.75, 3.05) is 18.4 Å².